The maximum absolute atomic E-state index is 10.4. The van der Waals surface area contributed by atoms with Crippen LogP contribution in [0.5, 0.6) is 11.5 Å². The summed E-state index contributed by atoms with van der Waals surface area (Å²) in [6, 6.07) is 5.27. The SMILES string of the molecule is COc1cc(C=CC(=O)O)cc(I)c1OCC#N. The topological polar surface area (TPSA) is 79.6 Å². The van der Waals surface area contributed by atoms with Crippen molar-refractivity contribution in [3.8, 4) is 17.6 Å². The van der Waals surface area contributed by atoms with Crippen molar-refractivity contribution in [1.82, 2.24) is 0 Å². The minimum Gasteiger partial charge on any atom is -0.493 e. The van der Waals surface area contributed by atoms with Crippen LogP contribution < -0.4 is 9.47 Å². The lowest BCUT2D eigenvalue weighted by molar-refractivity contribution is -0.131. The summed E-state index contributed by atoms with van der Waals surface area (Å²) in [7, 11) is 1.48. The Morgan fingerprint density at radius 3 is 2.89 bits per heavy atom. The molecule has 0 heterocycles. The second-order valence-electron chi connectivity index (χ2n) is 3.15. The average Bonchev–Trinajstić information content (AvgIpc) is 2.34. The molecule has 6 heteroatoms. The second-order valence-corrected chi connectivity index (χ2v) is 4.31. The van der Waals surface area contributed by atoms with Gasteiger partial charge in [0.2, 0.25) is 0 Å². The number of nitriles is 1. The Hall–Kier alpha value is -1.75. The first-order chi connectivity index (χ1) is 8.58. The minimum atomic E-state index is -1.02. The molecule has 1 aromatic rings. The molecular formula is C12H10INO4. The number of ether oxygens (including phenoxy) is 2. The van der Waals surface area contributed by atoms with Gasteiger partial charge in [0, 0.05) is 6.08 Å². The van der Waals surface area contributed by atoms with E-state index in [0.29, 0.717) is 17.1 Å². The first-order valence-electron chi connectivity index (χ1n) is 4.86. The van der Waals surface area contributed by atoms with Gasteiger partial charge in [-0.1, -0.05) is 0 Å². The van der Waals surface area contributed by atoms with E-state index in [4.69, 9.17) is 19.8 Å². The molecule has 94 valence electrons. The highest BCUT2D eigenvalue weighted by molar-refractivity contribution is 14.1. The van der Waals surface area contributed by atoms with Gasteiger partial charge in [-0.3, -0.25) is 0 Å². The zero-order valence-corrected chi connectivity index (χ0v) is 11.7. The van der Waals surface area contributed by atoms with Gasteiger partial charge < -0.3 is 14.6 Å². The normalized spacial score (nSPS) is 10.1. The summed E-state index contributed by atoms with van der Waals surface area (Å²) >= 11 is 2.04. The van der Waals surface area contributed by atoms with E-state index >= 15 is 0 Å². The van der Waals surface area contributed by atoms with Gasteiger partial charge in [0.1, 0.15) is 6.07 Å². The molecule has 0 atom stereocenters. The highest BCUT2D eigenvalue weighted by Crippen LogP contribution is 2.34. The molecule has 1 aromatic carbocycles. The van der Waals surface area contributed by atoms with Crippen LogP contribution in [-0.4, -0.2) is 24.8 Å². The van der Waals surface area contributed by atoms with Crippen molar-refractivity contribution in [3.63, 3.8) is 0 Å². The molecule has 5 nitrogen and oxygen atoms in total. The Morgan fingerprint density at radius 2 is 2.33 bits per heavy atom. The van der Waals surface area contributed by atoms with Crippen molar-refractivity contribution in [3.05, 3.63) is 27.3 Å². The molecule has 18 heavy (non-hydrogen) atoms. The molecule has 0 unspecified atom stereocenters. The first-order valence-corrected chi connectivity index (χ1v) is 5.94. The quantitative estimate of drug-likeness (QED) is 0.645. The number of carbonyl (C=O) groups is 1. The van der Waals surface area contributed by atoms with Gasteiger partial charge in [-0.25, -0.2) is 4.79 Å². The maximum atomic E-state index is 10.4. The Balaban J connectivity index is 3.10. The number of benzene rings is 1. The molecule has 1 N–H and O–H groups in total. The molecule has 0 radical (unpaired) electrons. The van der Waals surface area contributed by atoms with Crippen molar-refractivity contribution in [1.29, 1.82) is 5.26 Å². The molecule has 0 fully saturated rings. The van der Waals surface area contributed by atoms with Crippen LogP contribution in [-0.2, 0) is 4.79 Å². The van der Waals surface area contributed by atoms with E-state index in [2.05, 4.69) is 0 Å². The third-order valence-electron chi connectivity index (χ3n) is 1.95. The van der Waals surface area contributed by atoms with Crippen LogP contribution in [0, 0.1) is 14.9 Å². The molecule has 0 aromatic heterocycles. The second kappa shape index (κ2) is 6.86. The number of aliphatic carboxylic acids is 1. The van der Waals surface area contributed by atoms with Gasteiger partial charge >= 0.3 is 5.97 Å². The van der Waals surface area contributed by atoms with Gasteiger partial charge in [0.25, 0.3) is 0 Å². The molecule has 0 aliphatic heterocycles. The Bertz CT molecular complexity index is 520. The summed E-state index contributed by atoms with van der Waals surface area (Å²) in [4.78, 5) is 10.4. The molecular weight excluding hydrogens is 349 g/mol. The van der Waals surface area contributed by atoms with E-state index < -0.39 is 5.97 Å². The summed E-state index contributed by atoms with van der Waals surface area (Å²) < 4.78 is 11.1. The Labute approximate surface area is 118 Å². The van der Waals surface area contributed by atoms with Crippen LogP contribution in [0.15, 0.2) is 18.2 Å². The van der Waals surface area contributed by atoms with Crippen molar-refractivity contribution >= 4 is 34.6 Å². The summed E-state index contributed by atoms with van der Waals surface area (Å²) in [5.74, 6) is -0.0805. The van der Waals surface area contributed by atoms with Crippen LogP contribution in [0.2, 0.25) is 0 Å². The summed E-state index contributed by atoms with van der Waals surface area (Å²) in [6.07, 6.45) is 2.50. The van der Waals surface area contributed by atoms with Crippen molar-refractivity contribution in [2.75, 3.05) is 13.7 Å². The lowest BCUT2D eigenvalue weighted by Gasteiger charge is -2.11. The van der Waals surface area contributed by atoms with Crippen LogP contribution >= 0.6 is 22.6 Å². The molecule has 0 saturated heterocycles. The molecule has 0 amide bonds. The fourth-order valence-corrected chi connectivity index (χ4v) is 2.03. The fraction of sp³-hybridized carbons (Fsp3) is 0.167. The average molecular weight is 359 g/mol. The monoisotopic (exact) mass is 359 g/mol. The van der Waals surface area contributed by atoms with E-state index in [1.165, 1.54) is 13.2 Å². The van der Waals surface area contributed by atoms with Crippen molar-refractivity contribution in [2.24, 2.45) is 0 Å². The number of hydrogen-bond acceptors (Lipinski definition) is 4. The minimum absolute atomic E-state index is 0.0727. The standard InChI is InChI=1S/C12H10INO4/c1-17-10-7-8(2-3-11(15)16)6-9(13)12(10)18-5-4-14/h2-3,6-7H,5H2,1H3,(H,15,16). The molecule has 0 bridgehead atoms. The molecule has 0 saturated carbocycles. The third-order valence-corrected chi connectivity index (χ3v) is 2.75. The molecule has 1 rings (SSSR count). The van der Waals surface area contributed by atoms with Crippen LogP contribution in [0.3, 0.4) is 0 Å². The summed E-state index contributed by atoms with van der Waals surface area (Å²) in [5.41, 5.74) is 0.683. The molecule has 0 aliphatic carbocycles. The third kappa shape index (κ3) is 3.92. The van der Waals surface area contributed by atoms with E-state index in [9.17, 15) is 4.79 Å². The lowest BCUT2D eigenvalue weighted by Crippen LogP contribution is -1.99. The number of rotatable bonds is 5. The van der Waals surface area contributed by atoms with E-state index in [-0.39, 0.29) is 6.61 Å². The largest absolute Gasteiger partial charge is 0.493 e. The smallest absolute Gasteiger partial charge is 0.328 e. The predicted molar refractivity (Wildman–Crippen MR) is 73.5 cm³/mol. The molecule has 0 spiro atoms. The highest BCUT2D eigenvalue weighted by atomic mass is 127. The van der Waals surface area contributed by atoms with Crippen LogP contribution in [0.1, 0.15) is 5.56 Å². The molecule has 0 aliphatic rings. The van der Waals surface area contributed by atoms with E-state index in [1.54, 1.807) is 12.1 Å². The number of carboxylic acids is 1. The van der Waals surface area contributed by atoms with Gasteiger partial charge in [-0.05, 0) is 46.4 Å². The lowest BCUT2D eigenvalue weighted by atomic mass is 10.2. The van der Waals surface area contributed by atoms with Crippen LogP contribution in [0.4, 0.5) is 0 Å². The summed E-state index contributed by atoms with van der Waals surface area (Å²) in [5, 5.41) is 17.0. The van der Waals surface area contributed by atoms with Gasteiger partial charge in [-0.15, -0.1) is 0 Å². The highest BCUT2D eigenvalue weighted by Gasteiger charge is 2.10. The van der Waals surface area contributed by atoms with E-state index in [0.717, 1.165) is 9.65 Å². The Morgan fingerprint density at radius 1 is 1.61 bits per heavy atom. The number of halogens is 1. The van der Waals surface area contributed by atoms with Crippen LogP contribution in [0.25, 0.3) is 6.08 Å². The fourth-order valence-electron chi connectivity index (χ4n) is 1.25. The maximum Gasteiger partial charge on any atom is 0.328 e. The van der Waals surface area contributed by atoms with Gasteiger partial charge in [0.05, 0.1) is 10.7 Å². The van der Waals surface area contributed by atoms with Crippen molar-refractivity contribution in [2.45, 2.75) is 0 Å². The van der Waals surface area contributed by atoms with Crippen molar-refractivity contribution < 1.29 is 19.4 Å². The first kappa shape index (κ1) is 14.3. The number of methoxy groups -OCH3 is 1. The number of nitrogens with zero attached hydrogens (tertiary/aromatic N) is 1. The van der Waals surface area contributed by atoms with E-state index in [1.807, 2.05) is 28.7 Å². The Kier molecular flexibility index (Phi) is 5.45. The van der Waals surface area contributed by atoms with Gasteiger partial charge in [0.15, 0.2) is 18.1 Å². The van der Waals surface area contributed by atoms with Gasteiger partial charge in [-0.2, -0.15) is 5.26 Å². The summed E-state index contributed by atoms with van der Waals surface area (Å²) in [6.45, 7) is -0.0727. The zero-order valence-electron chi connectivity index (χ0n) is 9.51. The zero-order chi connectivity index (χ0) is 13.5. The number of carboxylic acid groups (broad SMARTS) is 1. The predicted octanol–water partition coefficient (Wildman–Crippen LogP) is 2.30. The number of hydrogen-bond donors (Lipinski definition) is 1.